The van der Waals surface area contributed by atoms with Crippen LogP contribution in [0.4, 0.5) is 5.69 Å². The minimum Gasteiger partial charge on any atom is -0.497 e. The Morgan fingerprint density at radius 3 is 2.57 bits per heavy atom. The first-order valence-corrected chi connectivity index (χ1v) is 6.95. The molecule has 3 heteroatoms. The van der Waals surface area contributed by atoms with Gasteiger partial charge in [-0.15, -0.1) is 0 Å². The van der Waals surface area contributed by atoms with Gasteiger partial charge in [0.25, 0.3) is 0 Å². The third-order valence-corrected chi connectivity index (χ3v) is 3.38. The molecule has 0 amide bonds. The maximum Gasteiger partial charge on any atom is 0.119 e. The number of benzene rings is 2. The first-order valence-electron chi connectivity index (χ1n) is 6.95. The molecular weight excluding hydrogens is 260 g/mol. The van der Waals surface area contributed by atoms with E-state index in [-0.39, 0.29) is 0 Å². The van der Waals surface area contributed by atoms with Crippen molar-refractivity contribution in [2.75, 3.05) is 12.4 Å². The van der Waals surface area contributed by atoms with Gasteiger partial charge in [-0.1, -0.05) is 18.2 Å². The summed E-state index contributed by atoms with van der Waals surface area (Å²) in [5, 5.41) is 3.45. The van der Waals surface area contributed by atoms with Crippen LogP contribution in [0, 0.1) is 0 Å². The summed E-state index contributed by atoms with van der Waals surface area (Å²) in [5.74, 6) is 0.885. The maximum absolute atomic E-state index is 5.24. The highest BCUT2D eigenvalue weighted by Gasteiger charge is 1.99. The van der Waals surface area contributed by atoms with Gasteiger partial charge in [0.15, 0.2) is 0 Å². The van der Waals surface area contributed by atoms with Gasteiger partial charge < -0.3 is 14.6 Å². The van der Waals surface area contributed by atoms with Crippen molar-refractivity contribution in [1.82, 2.24) is 4.57 Å². The van der Waals surface area contributed by atoms with Crippen LogP contribution in [0.3, 0.4) is 0 Å². The molecule has 0 aliphatic rings. The molecule has 0 spiro atoms. The summed E-state index contributed by atoms with van der Waals surface area (Å²) in [4.78, 5) is 0. The van der Waals surface area contributed by atoms with Gasteiger partial charge in [-0.25, -0.2) is 0 Å². The Bertz CT molecular complexity index is 705. The molecule has 0 aliphatic carbocycles. The molecule has 3 nitrogen and oxygen atoms in total. The van der Waals surface area contributed by atoms with Gasteiger partial charge in [0.05, 0.1) is 7.11 Å². The third kappa shape index (κ3) is 3.26. The lowest BCUT2D eigenvalue weighted by molar-refractivity contribution is 0.414. The second-order valence-electron chi connectivity index (χ2n) is 4.85. The summed E-state index contributed by atoms with van der Waals surface area (Å²) >= 11 is 0. The van der Waals surface area contributed by atoms with E-state index in [9.17, 15) is 0 Å². The molecule has 0 unspecified atom stereocenters. The number of aromatic nitrogens is 1. The van der Waals surface area contributed by atoms with Crippen LogP contribution >= 0.6 is 0 Å². The fourth-order valence-electron chi connectivity index (χ4n) is 2.27. The lowest BCUT2D eigenvalue weighted by Crippen LogP contribution is -2.00. The smallest absolute Gasteiger partial charge is 0.119 e. The highest BCUT2D eigenvalue weighted by atomic mass is 16.5. The Kier molecular flexibility index (Phi) is 3.92. The molecule has 0 saturated carbocycles. The number of methoxy groups -OCH3 is 1. The topological polar surface area (TPSA) is 26.2 Å². The van der Waals surface area contributed by atoms with Gasteiger partial charge in [-0.3, -0.25) is 0 Å². The van der Waals surface area contributed by atoms with Crippen LogP contribution < -0.4 is 10.1 Å². The van der Waals surface area contributed by atoms with E-state index >= 15 is 0 Å². The molecule has 2 aromatic carbocycles. The largest absolute Gasteiger partial charge is 0.497 e. The number of rotatable bonds is 5. The van der Waals surface area contributed by atoms with E-state index in [1.165, 1.54) is 5.56 Å². The summed E-state index contributed by atoms with van der Waals surface area (Å²) in [6.07, 6.45) is 4.09. The van der Waals surface area contributed by atoms with Crippen molar-refractivity contribution < 1.29 is 4.74 Å². The van der Waals surface area contributed by atoms with Crippen LogP contribution in [0.2, 0.25) is 0 Å². The SMILES string of the molecule is COc1cccc(CNc2cccc(-n3cccc3)c2)c1. The zero-order valence-electron chi connectivity index (χ0n) is 12.0. The van der Waals surface area contributed by atoms with Crippen LogP contribution in [0.15, 0.2) is 73.1 Å². The van der Waals surface area contributed by atoms with E-state index in [1.54, 1.807) is 7.11 Å². The van der Waals surface area contributed by atoms with E-state index in [2.05, 4.69) is 40.2 Å². The fourth-order valence-corrected chi connectivity index (χ4v) is 2.27. The van der Waals surface area contributed by atoms with E-state index in [0.29, 0.717) is 0 Å². The Labute approximate surface area is 124 Å². The van der Waals surface area contributed by atoms with E-state index in [0.717, 1.165) is 23.7 Å². The third-order valence-electron chi connectivity index (χ3n) is 3.38. The van der Waals surface area contributed by atoms with Crippen LogP contribution in [0.25, 0.3) is 5.69 Å². The Balaban J connectivity index is 1.72. The predicted molar refractivity (Wildman–Crippen MR) is 86.1 cm³/mol. The van der Waals surface area contributed by atoms with Crippen LogP contribution in [0.1, 0.15) is 5.56 Å². The minimum atomic E-state index is 0.770. The van der Waals surface area contributed by atoms with Gasteiger partial charge in [0, 0.05) is 30.3 Å². The highest BCUT2D eigenvalue weighted by Crippen LogP contribution is 2.17. The van der Waals surface area contributed by atoms with Crippen LogP contribution in [-0.4, -0.2) is 11.7 Å². The monoisotopic (exact) mass is 278 g/mol. The first-order chi connectivity index (χ1) is 10.3. The highest BCUT2D eigenvalue weighted by molar-refractivity contribution is 5.51. The van der Waals surface area contributed by atoms with Crippen molar-refractivity contribution in [1.29, 1.82) is 0 Å². The van der Waals surface area contributed by atoms with Crippen LogP contribution in [0.5, 0.6) is 5.75 Å². The lowest BCUT2D eigenvalue weighted by Gasteiger charge is -2.10. The van der Waals surface area contributed by atoms with Crippen molar-refractivity contribution in [3.8, 4) is 11.4 Å². The standard InChI is InChI=1S/C18H18N2O/c1-21-18-9-4-6-15(12-18)14-19-16-7-5-8-17(13-16)20-10-2-3-11-20/h2-13,19H,14H2,1H3. The predicted octanol–water partition coefficient (Wildman–Crippen LogP) is 4.10. The molecule has 1 N–H and O–H groups in total. The van der Waals surface area contributed by atoms with Crippen molar-refractivity contribution in [3.05, 3.63) is 78.6 Å². The lowest BCUT2D eigenvalue weighted by atomic mass is 10.2. The average Bonchev–Trinajstić information content (AvgIpc) is 3.08. The molecule has 1 heterocycles. The van der Waals surface area contributed by atoms with Crippen molar-refractivity contribution >= 4 is 5.69 Å². The molecule has 106 valence electrons. The number of ether oxygens (including phenoxy) is 1. The van der Waals surface area contributed by atoms with Gasteiger partial charge in [0.2, 0.25) is 0 Å². The Morgan fingerprint density at radius 1 is 0.952 bits per heavy atom. The number of nitrogens with zero attached hydrogens (tertiary/aromatic N) is 1. The van der Waals surface area contributed by atoms with E-state index in [1.807, 2.05) is 42.7 Å². The molecule has 0 aliphatic heterocycles. The molecule has 3 aromatic rings. The van der Waals surface area contributed by atoms with Crippen molar-refractivity contribution in [2.45, 2.75) is 6.54 Å². The molecule has 0 saturated heterocycles. The summed E-state index contributed by atoms with van der Waals surface area (Å²) in [6, 6.07) is 20.5. The Hall–Kier alpha value is -2.68. The zero-order chi connectivity index (χ0) is 14.5. The summed E-state index contributed by atoms with van der Waals surface area (Å²) in [7, 11) is 1.69. The van der Waals surface area contributed by atoms with Gasteiger partial charge in [-0.05, 0) is 48.0 Å². The van der Waals surface area contributed by atoms with Gasteiger partial charge in [0.1, 0.15) is 5.75 Å². The second kappa shape index (κ2) is 6.18. The molecule has 1 aromatic heterocycles. The number of hydrogen-bond donors (Lipinski definition) is 1. The number of nitrogens with one attached hydrogen (secondary N) is 1. The quantitative estimate of drug-likeness (QED) is 0.760. The Morgan fingerprint density at radius 2 is 1.76 bits per heavy atom. The number of anilines is 1. The molecular formula is C18H18N2O. The molecule has 3 rings (SSSR count). The molecule has 21 heavy (non-hydrogen) atoms. The first kappa shape index (κ1) is 13.3. The summed E-state index contributed by atoms with van der Waals surface area (Å²) in [6.45, 7) is 0.770. The molecule has 0 atom stereocenters. The summed E-state index contributed by atoms with van der Waals surface area (Å²) < 4.78 is 7.34. The molecule has 0 radical (unpaired) electrons. The second-order valence-corrected chi connectivity index (χ2v) is 4.85. The van der Waals surface area contributed by atoms with Gasteiger partial charge in [-0.2, -0.15) is 0 Å². The van der Waals surface area contributed by atoms with Crippen molar-refractivity contribution in [2.24, 2.45) is 0 Å². The minimum absolute atomic E-state index is 0.770. The van der Waals surface area contributed by atoms with E-state index < -0.39 is 0 Å². The zero-order valence-corrected chi connectivity index (χ0v) is 12.0. The average molecular weight is 278 g/mol. The molecule has 0 bridgehead atoms. The summed E-state index contributed by atoms with van der Waals surface area (Å²) in [5.41, 5.74) is 3.44. The fraction of sp³-hybridized carbons (Fsp3) is 0.111. The normalized spacial score (nSPS) is 10.3. The number of hydrogen-bond acceptors (Lipinski definition) is 2. The molecule has 0 fully saturated rings. The van der Waals surface area contributed by atoms with E-state index in [4.69, 9.17) is 4.74 Å². The van der Waals surface area contributed by atoms with Crippen molar-refractivity contribution in [3.63, 3.8) is 0 Å². The maximum atomic E-state index is 5.24. The van der Waals surface area contributed by atoms with Gasteiger partial charge >= 0.3 is 0 Å². The van der Waals surface area contributed by atoms with Crippen LogP contribution in [-0.2, 0) is 6.54 Å².